The molecule has 32 heavy (non-hydrogen) atoms. The average Bonchev–Trinajstić information content (AvgIpc) is 3.47. The van der Waals surface area contributed by atoms with Crippen LogP contribution in [0.15, 0.2) is 42.9 Å². The third kappa shape index (κ3) is 4.51. The molecule has 10 nitrogen and oxygen atoms in total. The smallest absolute Gasteiger partial charge is 0.273 e. The highest BCUT2D eigenvalue weighted by molar-refractivity contribution is 6.36. The van der Waals surface area contributed by atoms with Crippen LogP contribution in [0.1, 0.15) is 26.5 Å². The molecule has 0 aliphatic rings. The fourth-order valence-electron chi connectivity index (χ4n) is 3.09. The van der Waals surface area contributed by atoms with Crippen LogP contribution in [0.4, 0.5) is 5.69 Å². The SMILES string of the molecule is Cn1cc(CNC(=O)c2c(NC(=O)c3cc(-c4ccc(Cl)cc4Cl)n[nH]3)cnn2C)cn1. The first-order valence-electron chi connectivity index (χ1n) is 9.41. The van der Waals surface area contributed by atoms with Gasteiger partial charge in [0.15, 0.2) is 0 Å². The first-order valence-corrected chi connectivity index (χ1v) is 10.2. The molecule has 164 valence electrons. The molecule has 0 aliphatic heterocycles. The van der Waals surface area contributed by atoms with E-state index in [1.807, 2.05) is 0 Å². The highest BCUT2D eigenvalue weighted by atomic mass is 35.5. The predicted octanol–water partition coefficient (Wildman–Crippen LogP) is 3.03. The summed E-state index contributed by atoms with van der Waals surface area (Å²) in [6.45, 7) is 0.289. The van der Waals surface area contributed by atoms with Gasteiger partial charge in [0.2, 0.25) is 0 Å². The molecule has 0 unspecified atom stereocenters. The molecule has 0 saturated heterocycles. The number of carbonyl (C=O) groups is 2. The fraction of sp³-hybridized carbons (Fsp3) is 0.150. The molecule has 3 N–H and O–H groups in total. The number of halogens is 2. The lowest BCUT2D eigenvalue weighted by Crippen LogP contribution is -2.26. The molecule has 0 fully saturated rings. The summed E-state index contributed by atoms with van der Waals surface area (Å²) in [5, 5.41) is 21.4. The fourth-order valence-corrected chi connectivity index (χ4v) is 3.60. The Morgan fingerprint density at radius 1 is 1.09 bits per heavy atom. The number of aromatic amines is 1. The monoisotopic (exact) mass is 472 g/mol. The Balaban J connectivity index is 1.48. The molecule has 0 saturated carbocycles. The van der Waals surface area contributed by atoms with Crippen LogP contribution in [0, 0.1) is 0 Å². The van der Waals surface area contributed by atoms with Gasteiger partial charge in [-0.1, -0.05) is 23.2 Å². The lowest BCUT2D eigenvalue weighted by atomic mass is 10.1. The van der Waals surface area contributed by atoms with Crippen molar-refractivity contribution in [1.82, 2.24) is 35.1 Å². The molecule has 0 spiro atoms. The highest BCUT2D eigenvalue weighted by Crippen LogP contribution is 2.29. The zero-order valence-corrected chi connectivity index (χ0v) is 18.6. The molecule has 1 aromatic carbocycles. The Kier molecular flexibility index (Phi) is 5.97. The third-order valence-electron chi connectivity index (χ3n) is 4.64. The second-order valence-corrected chi connectivity index (χ2v) is 7.82. The second kappa shape index (κ2) is 8.85. The molecule has 3 aromatic heterocycles. The summed E-state index contributed by atoms with van der Waals surface area (Å²) in [4.78, 5) is 25.5. The van der Waals surface area contributed by atoms with Crippen LogP contribution in [-0.4, -0.2) is 41.6 Å². The van der Waals surface area contributed by atoms with Gasteiger partial charge in [0.05, 0.1) is 28.8 Å². The quantitative estimate of drug-likeness (QED) is 0.397. The molecule has 12 heteroatoms. The number of anilines is 1. The minimum atomic E-state index is -0.483. The van der Waals surface area contributed by atoms with Gasteiger partial charge < -0.3 is 10.6 Å². The van der Waals surface area contributed by atoms with Crippen molar-refractivity contribution in [3.63, 3.8) is 0 Å². The number of hydrogen-bond donors (Lipinski definition) is 3. The molecular formula is C20H18Cl2N8O2. The first-order chi connectivity index (χ1) is 15.3. The Morgan fingerprint density at radius 2 is 1.91 bits per heavy atom. The van der Waals surface area contributed by atoms with Crippen LogP contribution in [0.5, 0.6) is 0 Å². The molecule has 4 aromatic rings. The van der Waals surface area contributed by atoms with Crippen molar-refractivity contribution < 1.29 is 9.59 Å². The number of carbonyl (C=O) groups excluding carboxylic acids is 2. The number of amides is 2. The molecule has 0 aliphatic carbocycles. The summed E-state index contributed by atoms with van der Waals surface area (Å²) >= 11 is 12.1. The minimum absolute atomic E-state index is 0.191. The van der Waals surface area contributed by atoms with Gasteiger partial charge in [-0.25, -0.2) is 0 Å². The number of nitrogens with zero attached hydrogens (tertiary/aromatic N) is 5. The van der Waals surface area contributed by atoms with E-state index in [0.717, 1.165) is 5.56 Å². The molecular weight excluding hydrogens is 455 g/mol. The Bertz CT molecular complexity index is 1310. The maximum atomic E-state index is 12.7. The van der Waals surface area contributed by atoms with Gasteiger partial charge in [-0.3, -0.25) is 24.1 Å². The Morgan fingerprint density at radius 3 is 2.62 bits per heavy atom. The number of rotatable bonds is 6. The first kappa shape index (κ1) is 21.6. The Labute approximate surface area is 192 Å². The average molecular weight is 473 g/mol. The van der Waals surface area contributed by atoms with Crippen molar-refractivity contribution in [3.8, 4) is 11.3 Å². The second-order valence-electron chi connectivity index (χ2n) is 6.98. The van der Waals surface area contributed by atoms with Gasteiger partial charge in [0.25, 0.3) is 11.8 Å². The van der Waals surface area contributed by atoms with E-state index >= 15 is 0 Å². The van der Waals surface area contributed by atoms with Crippen molar-refractivity contribution >= 4 is 40.7 Å². The lowest BCUT2D eigenvalue weighted by Gasteiger charge is -2.08. The summed E-state index contributed by atoms with van der Waals surface area (Å²) in [5.74, 6) is -0.870. The predicted molar refractivity (Wildman–Crippen MR) is 120 cm³/mol. The molecule has 0 bridgehead atoms. The Hall–Kier alpha value is -3.63. The van der Waals surface area contributed by atoms with Crippen LogP contribution in [-0.2, 0) is 20.6 Å². The zero-order chi connectivity index (χ0) is 22.8. The van der Waals surface area contributed by atoms with Crippen LogP contribution in [0.3, 0.4) is 0 Å². The van der Waals surface area contributed by atoms with E-state index < -0.39 is 5.91 Å². The summed E-state index contributed by atoms with van der Waals surface area (Å²) in [6.07, 6.45) is 4.87. The summed E-state index contributed by atoms with van der Waals surface area (Å²) in [6, 6.07) is 6.55. The van der Waals surface area contributed by atoms with E-state index in [0.29, 0.717) is 21.3 Å². The molecule has 0 radical (unpaired) electrons. The summed E-state index contributed by atoms with van der Waals surface area (Å²) < 4.78 is 3.03. The van der Waals surface area contributed by atoms with Gasteiger partial charge in [0, 0.05) is 43.0 Å². The lowest BCUT2D eigenvalue weighted by molar-refractivity contribution is 0.0942. The maximum absolute atomic E-state index is 12.7. The number of benzene rings is 1. The van der Waals surface area contributed by atoms with Crippen molar-refractivity contribution in [3.05, 3.63) is 69.9 Å². The van der Waals surface area contributed by atoms with E-state index in [9.17, 15) is 9.59 Å². The van der Waals surface area contributed by atoms with Crippen LogP contribution >= 0.6 is 23.2 Å². The highest BCUT2D eigenvalue weighted by Gasteiger charge is 2.20. The standard InChI is InChI=1S/C20H18Cl2N8O2/c1-29-10-11(8-24-29)7-23-20(32)18-17(9-25-30(18)2)26-19(31)16-6-15(27-28-16)13-4-3-12(21)5-14(13)22/h3-6,8-10H,7H2,1-2H3,(H,23,32)(H,26,31)(H,27,28). The number of aryl methyl sites for hydroxylation is 2. The summed E-state index contributed by atoms with van der Waals surface area (Å²) in [7, 11) is 3.41. The van der Waals surface area contributed by atoms with Crippen molar-refractivity contribution in [1.29, 1.82) is 0 Å². The maximum Gasteiger partial charge on any atom is 0.273 e. The zero-order valence-electron chi connectivity index (χ0n) is 17.1. The third-order valence-corrected chi connectivity index (χ3v) is 5.19. The topological polar surface area (TPSA) is 123 Å². The number of H-pyrrole nitrogens is 1. The van der Waals surface area contributed by atoms with Crippen LogP contribution < -0.4 is 10.6 Å². The van der Waals surface area contributed by atoms with Crippen LogP contribution in [0.25, 0.3) is 11.3 Å². The van der Waals surface area contributed by atoms with Gasteiger partial charge in [0.1, 0.15) is 11.4 Å². The summed E-state index contributed by atoms with van der Waals surface area (Å²) in [5.41, 5.74) is 2.63. The minimum Gasteiger partial charge on any atom is -0.346 e. The van der Waals surface area contributed by atoms with Gasteiger partial charge in [-0.05, 0) is 24.3 Å². The van der Waals surface area contributed by atoms with Crippen molar-refractivity contribution in [2.75, 3.05) is 5.32 Å². The van der Waals surface area contributed by atoms with E-state index in [-0.39, 0.29) is 29.5 Å². The molecule has 4 rings (SSSR count). The van der Waals surface area contributed by atoms with Gasteiger partial charge in [-0.15, -0.1) is 0 Å². The van der Waals surface area contributed by atoms with E-state index in [1.54, 1.807) is 55.4 Å². The van der Waals surface area contributed by atoms with E-state index in [1.165, 1.54) is 10.9 Å². The van der Waals surface area contributed by atoms with Crippen LogP contribution in [0.2, 0.25) is 10.0 Å². The normalized spacial score (nSPS) is 10.9. The number of hydrogen-bond acceptors (Lipinski definition) is 5. The molecule has 0 atom stereocenters. The largest absolute Gasteiger partial charge is 0.346 e. The van der Waals surface area contributed by atoms with Crippen molar-refractivity contribution in [2.24, 2.45) is 14.1 Å². The molecule has 3 heterocycles. The number of nitrogens with one attached hydrogen (secondary N) is 3. The van der Waals surface area contributed by atoms with E-state index in [4.69, 9.17) is 23.2 Å². The van der Waals surface area contributed by atoms with E-state index in [2.05, 4.69) is 31.0 Å². The molecule has 2 amide bonds. The van der Waals surface area contributed by atoms with Gasteiger partial charge in [-0.2, -0.15) is 15.3 Å². The number of aromatic nitrogens is 6. The van der Waals surface area contributed by atoms with Crippen molar-refractivity contribution in [2.45, 2.75) is 6.54 Å². The van der Waals surface area contributed by atoms with Gasteiger partial charge >= 0.3 is 0 Å².